The van der Waals surface area contributed by atoms with E-state index in [2.05, 4.69) is 10.6 Å². The van der Waals surface area contributed by atoms with E-state index in [9.17, 15) is 18.0 Å². The number of hydrogen-bond acceptors (Lipinski definition) is 5. The number of hydrogen-bond donors (Lipinski definition) is 3. The Labute approximate surface area is 160 Å². The molecule has 3 N–H and O–H groups in total. The number of nitrogens with one attached hydrogen (secondary N) is 3. The summed E-state index contributed by atoms with van der Waals surface area (Å²) in [4.78, 5) is 25.4. The highest BCUT2D eigenvalue weighted by Gasteiger charge is 2.39. The summed E-state index contributed by atoms with van der Waals surface area (Å²) >= 11 is 0. The first-order valence-electron chi connectivity index (χ1n) is 8.93. The van der Waals surface area contributed by atoms with Gasteiger partial charge in [-0.05, 0) is 32.4 Å². The van der Waals surface area contributed by atoms with Gasteiger partial charge < -0.3 is 20.3 Å². The molecule has 1 fully saturated rings. The van der Waals surface area contributed by atoms with Crippen LogP contribution in [0.5, 0.6) is 5.75 Å². The van der Waals surface area contributed by atoms with Gasteiger partial charge >= 0.3 is 0 Å². The van der Waals surface area contributed by atoms with Gasteiger partial charge in [0.2, 0.25) is 0 Å². The fourth-order valence-electron chi connectivity index (χ4n) is 3.16. The molecule has 1 aliphatic rings. The zero-order valence-electron chi connectivity index (χ0n) is 16.0. The van der Waals surface area contributed by atoms with Crippen molar-refractivity contribution in [1.29, 1.82) is 0 Å². The minimum Gasteiger partial charge on any atom is -0.497 e. The fraction of sp³-hybridized carbons (Fsp3) is 0.556. The summed E-state index contributed by atoms with van der Waals surface area (Å²) in [6.45, 7) is 4.47. The summed E-state index contributed by atoms with van der Waals surface area (Å²) in [5, 5.41) is 5.62. The van der Waals surface area contributed by atoms with Crippen molar-refractivity contribution in [3.63, 3.8) is 0 Å². The van der Waals surface area contributed by atoms with Crippen LogP contribution in [-0.4, -0.2) is 64.0 Å². The minimum absolute atomic E-state index is 0.0382. The van der Waals surface area contributed by atoms with Crippen molar-refractivity contribution in [2.24, 2.45) is 0 Å². The van der Waals surface area contributed by atoms with Gasteiger partial charge in [0.25, 0.3) is 11.8 Å². The highest BCUT2D eigenvalue weighted by molar-refractivity contribution is 7.91. The Kier molecular flexibility index (Phi) is 6.83. The van der Waals surface area contributed by atoms with E-state index in [0.717, 1.165) is 4.90 Å². The molecule has 2 amide bonds. The van der Waals surface area contributed by atoms with E-state index in [1.54, 1.807) is 38.3 Å². The number of methoxy groups -OCH3 is 1. The van der Waals surface area contributed by atoms with Gasteiger partial charge in [0.1, 0.15) is 5.75 Å². The third kappa shape index (κ3) is 6.51. The van der Waals surface area contributed by atoms with Gasteiger partial charge in [-0.15, -0.1) is 0 Å². The maximum Gasteiger partial charge on any atom is 0.279 e. The molecular formula is C18H28N3O5S+. The van der Waals surface area contributed by atoms with Gasteiger partial charge in [-0.25, -0.2) is 8.42 Å². The number of likely N-dealkylation sites (N-methyl/N-ethyl adjacent to an activating group) is 1. The van der Waals surface area contributed by atoms with Crippen LogP contribution in [0.2, 0.25) is 0 Å². The molecular weight excluding hydrogens is 370 g/mol. The standard InChI is InChI=1S/C18H27N3O5S/c1-4-21(11-16(22)19-14-6-5-7-15(10-14)26-3)12-17(23)20-18(2)8-9-27(24,25)13-18/h5-7,10H,4,8-9,11-13H2,1-3H3,(H,19,22)(H,20,23)/p+1/t18-/m0/s1. The number of quaternary nitrogens is 1. The first-order chi connectivity index (χ1) is 12.6. The van der Waals surface area contributed by atoms with E-state index in [0.29, 0.717) is 24.4 Å². The lowest BCUT2D eigenvalue weighted by Gasteiger charge is -2.25. The zero-order chi connectivity index (χ0) is 20.1. The highest BCUT2D eigenvalue weighted by Crippen LogP contribution is 2.22. The molecule has 1 aliphatic heterocycles. The summed E-state index contributed by atoms with van der Waals surface area (Å²) in [5.41, 5.74) is -0.0969. The van der Waals surface area contributed by atoms with Crippen LogP contribution >= 0.6 is 0 Å². The summed E-state index contributed by atoms with van der Waals surface area (Å²) in [7, 11) is -1.53. The van der Waals surface area contributed by atoms with Gasteiger partial charge in [0, 0.05) is 11.8 Å². The van der Waals surface area contributed by atoms with Crippen LogP contribution in [0.1, 0.15) is 20.3 Å². The van der Waals surface area contributed by atoms with Crippen LogP contribution in [0.3, 0.4) is 0 Å². The Hall–Kier alpha value is -2.13. The molecule has 27 heavy (non-hydrogen) atoms. The molecule has 1 saturated heterocycles. The van der Waals surface area contributed by atoms with E-state index in [-0.39, 0.29) is 36.4 Å². The molecule has 0 spiro atoms. The highest BCUT2D eigenvalue weighted by atomic mass is 32.2. The molecule has 0 aromatic heterocycles. The predicted molar refractivity (Wildman–Crippen MR) is 103 cm³/mol. The maximum absolute atomic E-state index is 12.3. The Morgan fingerprint density at radius 2 is 1.96 bits per heavy atom. The summed E-state index contributed by atoms with van der Waals surface area (Å²) in [6.07, 6.45) is 0.416. The van der Waals surface area contributed by atoms with Crippen LogP contribution in [0.4, 0.5) is 5.69 Å². The number of amides is 2. The lowest BCUT2D eigenvalue weighted by molar-refractivity contribution is -0.881. The monoisotopic (exact) mass is 398 g/mol. The summed E-state index contributed by atoms with van der Waals surface area (Å²) in [6, 6.07) is 7.05. The first kappa shape index (κ1) is 21.2. The lowest BCUT2D eigenvalue weighted by atomic mass is 10.0. The second-order valence-corrected chi connectivity index (χ2v) is 9.37. The SMILES string of the molecule is CC[NH+](CC(=O)Nc1cccc(OC)c1)CC(=O)N[C@@]1(C)CCS(=O)(=O)C1. The number of ether oxygens (including phenoxy) is 1. The Morgan fingerprint density at radius 1 is 1.26 bits per heavy atom. The Balaban J connectivity index is 1.87. The molecule has 9 heteroatoms. The van der Waals surface area contributed by atoms with Gasteiger partial charge in [0.15, 0.2) is 22.9 Å². The zero-order valence-corrected chi connectivity index (χ0v) is 16.8. The number of carbonyl (C=O) groups excluding carboxylic acids is 2. The van der Waals surface area contributed by atoms with E-state index in [1.165, 1.54) is 0 Å². The van der Waals surface area contributed by atoms with Crippen molar-refractivity contribution in [2.75, 3.05) is 43.6 Å². The van der Waals surface area contributed by atoms with Crippen molar-refractivity contribution in [3.05, 3.63) is 24.3 Å². The number of carbonyl (C=O) groups is 2. The molecule has 1 unspecified atom stereocenters. The average Bonchev–Trinajstić information content (AvgIpc) is 2.86. The van der Waals surface area contributed by atoms with Crippen LogP contribution in [0.25, 0.3) is 0 Å². The Morgan fingerprint density at radius 3 is 2.56 bits per heavy atom. The van der Waals surface area contributed by atoms with Gasteiger partial charge in [-0.1, -0.05) is 6.07 Å². The summed E-state index contributed by atoms with van der Waals surface area (Å²) in [5.74, 6) is 0.246. The topological polar surface area (TPSA) is 106 Å². The molecule has 8 nitrogen and oxygen atoms in total. The van der Waals surface area contributed by atoms with E-state index in [1.807, 2.05) is 6.92 Å². The van der Waals surface area contributed by atoms with Crippen LogP contribution < -0.4 is 20.3 Å². The van der Waals surface area contributed by atoms with Crippen molar-refractivity contribution >= 4 is 27.3 Å². The van der Waals surface area contributed by atoms with Crippen LogP contribution in [0.15, 0.2) is 24.3 Å². The van der Waals surface area contributed by atoms with Crippen molar-refractivity contribution in [2.45, 2.75) is 25.8 Å². The third-order valence-electron chi connectivity index (χ3n) is 4.62. The average molecular weight is 399 g/mol. The smallest absolute Gasteiger partial charge is 0.279 e. The normalized spacial score (nSPS) is 22.0. The molecule has 2 rings (SSSR count). The van der Waals surface area contributed by atoms with E-state index < -0.39 is 15.4 Å². The van der Waals surface area contributed by atoms with E-state index >= 15 is 0 Å². The molecule has 0 radical (unpaired) electrons. The van der Waals surface area contributed by atoms with E-state index in [4.69, 9.17) is 4.74 Å². The van der Waals surface area contributed by atoms with Crippen LogP contribution in [-0.2, 0) is 19.4 Å². The van der Waals surface area contributed by atoms with Crippen molar-refractivity contribution < 1.29 is 27.6 Å². The minimum atomic E-state index is -3.09. The number of sulfone groups is 1. The lowest BCUT2D eigenvalue weighted by Crippen LogP contribution is -3.14. The number of anilines is 1. The summed E-state index contributed by atoms with van der Waals surface area (Å²) < 4.78 is 28.4. The number of benzene rings is 1. The van der Waals surface area contributed by atoms with Crippen molar-refractivity contribution in [3.8, 4) is 5.75 Å². The Bertz CT molecular complexity index is 796. The van der Waals surface area contributed by atoms with Crippen LogP contribution in [0, 0.1) is 0 Å². The largest absolute Gasteiger partial charge is 0.497 e. The molecule has 0 bridgehead atoms. The maximum atomic E-state index is 12.3. The molecule has 2 atom stereocenters. The fourth-order valence-corrected chi connectivity index (χ4v) is 5.26. The molecule has 150 valence electrons. The molecule has 0 saturated carbocycles. The molecule has 1 aromatic carbocycles. The second kappa shape index (κ2) is 8.71. The number of rotatable bonds is 8. The second-order valence-electron chi connectivity index (χ2n) is 7.19. The van der Waals surface area contributed by atoms with Gasteiger partial charge in [-0.2, -0.15) is 0 Å². The quantitative estimate of drug-likeness (QED) is 0.533. The molecule has 1 aromatic rings. The van der Waals surface area contributed by atoms with Gasteiger partial charge in [-0.3, -0.25) is 9.59 Å². The molecule has 0 aliphatic carbocycles. The van der Waals surface area contributed by atoms with Gasteiger partial charge in [0.05, 0.1) is 30.7 Å². The predicted octanol–water partition coefficient (Wildman–Crippen LogP) is -0.768. The first-order valence-corrected chi connectivity index (χ1v) is 10.8. The van der Waals surface area contributed by atoms with Crippen molar-refractivity contribution in [1.82, 2.24) is 5.32 Å². The third-order valence-corrected chi connectivity index (χ3v) is 6.52. The molecule has 1 heterocycles.